The van der Waals surface area contributed by atoms with E-state index in [1.165, 1.54) is 16.7 Å². The molecule has 19 heavy (non-hydrogen) atoms. The van der Waals surface area contributed by atoms with Gasteiger partial charge in [-0.25, -0.2) is 4.79 Å². The van der Waals surface area contributed by atoms with Crippen LogP contribution < -0.4 is 5.73 Å². The Morgan fingerprint density at radius 3 is 2.42 bits per heavy atom. The van der Waals surface area contributed by atoms with Crippen molar-refractivity contribution < 1.29 is 14.7 Å². The summed E-state index contributed by atoms with van der Waals surface area (Å²) in [6, 6.07) is -0.677. The Morgan fingerprint density at radius 2 is 1.89 bits per heavy atom. The molecule has 1 saturated carbocycles. The summed E-state index contributed by atoms with van der Waals surface area (Å²) in [4.78, 5) is 25.5. The zero-order valence-corrected chi connectivity index (χ0v) is 12.0. The molecular formula is C13H22N2O3S. The van der Waals surface area contributed by atoms with Crippen LogP contribution in [0.15, 0.2) is 0 Å². The Kier molecular flexibility index (Phi) is 4.73. The standard InChI is InChI=1S/C13H22N2O3S/c14-8-13(5-3-1-2-4-6-13)12(18)15-9-19-7-10(15)11(16)17/h10H,1-9,14H2,(H,16,17). The fourth-order valence-corrected chi connectivity index (χ4v) is 4.21. The first-order valence-electron chi connectivity index (χ1n) is 6.92. The molecule has 6 heteroatoms. The molecule has 1 aliphatic heterocycles. The molecule has 3 N–H and O–H groups in total. The van der Waals surface area contributed by atoms with Crippen LogP contribution in [-0.4, -0.2) is 46.1 Å². The summed E-state index contributed by atoms with van der Waals surface area (Å²) in [6.07, 6.45) is 5.92. The first-order valence-corrected chi connectivity index (χ1v) is 8.08. The number of hydrogen-bond acceptors (Lipinski definition) is 4. The van der Waals surface area contributed by atoms with E-state index in [1.54, 1.807) is 0 Å². The molecule has 1 unspecified atom stereocenters. The number of thioether (sulfide) groups is 1. The summed E-state index contributed by atoms with van der Waals surface area (Å²) in [5.41, 5.74) is 5.38. The van der Waals surface area contributed by atoms with Gasteiger partial charge in [-0.05, 0) is 12.8 Å². The molecule has 5 nitrogen and oxygen atoms in total. The summed E-state index contributed by atoms with van der Waals surface area (Å²) >= 11 is 1.51. The summed E-state index contributed by atoms with van der Waals surface area (Å²) in [6.45, 7) is 0.333. The second kappa shape index (κ2) is 6.13. The molecule has 2 rings (SSSR count). The van der Waals surface area contributed by atoms with Gasteiger partial charge >= 0.3 is 5.97 Å². The molecule has 2 fully saturated rings. The number of carbonyl (C=O) groups is 2. The molecule has 0 aromatic heterocycles. The number of nitrogens with zero attached hydrogens (tertiary/aromatic N) is 1. The summed E-state index contributed by atoms with van der Waals surface area (Å²) in [5, 5.41) is 9.20. The van der Waals surface area contributed by atoms with Crippen molar-refractivity contribution in [3.8, 4) is 0 Å². The number of rotatable bonds is 3. The maximum atomic E-state index is 12.8. The van der Waals surface area contributed by atoms with Crippen molar-refractivity contribution >= 4 is 23.6 Å². The van der Waals surface area contributed by atoms with Crippen molar-refractivity contribution in [2.24, 2.45) is 11.1 Å². The minimum atomic E-state index is -0.904. The smallest absolute Gasteiger partial charge is 0.327 e. The van der Waals surface area contributed by atoms with E-state index in [1.807, 2.05) is 0 Å². The summed E-state index contributed by atoms with van der Waals surface area (Å²) in [5.74, 6) is 0.0349. The third kappa shape index (κ3) is 2.89. The number of nitrogens with two attached hydrogens (primary N) is 1. The largest absolute Gasteiger partial charge is 0.480 e. The van der Waals surface area contributed by atoms with Gasteiger partial charge in [0.1, 0.15) is 6.04 Å². The van der Waals surface area contributed by atoms with Crippen molar-refractivity contribution in [1.82, 2.24) is 4.90 Å². The van der Waals surface area contributed by atoms with Crippen molar-refractivity contribution in [1.29, 1.82) is 0 Å². The van der Waals surface area contributed by atoms with E-state index in [2.05, 4.69) is 0 Å². The predicted octanol–water partition coefficient (Wildman–Crippen LogP) is 1.27. The van der Waals surface area contributed by atoms with Crippen LogP contribution in [-0.2, 0) is 9.59 Å². The first kappa shape index (κ1) is 14.7. The average molecular weight is 286 g/mol. The van der Waals surface area contributed by atoms with E-state index < -0.39 is 17.4 Å². The van der Waals surface area contributed by atoms with E-state index in [9.17, 15) is 14.7 Å². The fourth-order valence-electron chi connectivity index (χ4n) is 3.06. The molecule has 0 aromatic rings. The second-order valence-electron chi connectivity index (χ2n) is 5.53. The van der Waals surface area contributed by atoms with E-state index in [0.717, 1.165) is 38.5 Å². The molecule has 0 aromatic carbocycles. The molecule has 1 saturated heterocycles. The van der Waals surface area contributed by atoms with Gasteiger partial charge in [0.2, 0.25) is 5.91 Å². The Morgan fingerprint density at radius 1 is 1.26 bits per heavy atom. The van der Waals surface area contributed by atoms with Crippen LogP contribution in [0.5, 0.6) is 0 Å². The van der Waals surface area contributed by atoms with Crippen LogP contribution in [0.2, 0.25) is 0 Å². The minimum Gasteiger partial charge on any atom is -0.480 e. The third-order valence-corrected chi connectivity index (χ3v) is 5.35. The highest BCUT2D eigenvalue weighted by molar-refractivity contribution is 7.99. The highest BCUT2D eigenvalue weighted by atomic mass is 32.2. The Bertz CT molecular complexity index is 354. The van der Waals surface area contributed by atoms with Gasteiger partial charge in [0.05, 0.1) is 11.3 Å². The van der Waals surface area contributed by atoms with E-state index in [-0.39, 0.29) is 5.91 Å². The highest BCUT2D eigenvalue weighted by Crippen LogP contribution is 2.38. The van der Waals surface area contributed by atoms with Crippen molar-refractivity contribution in [3.63, 3.8) is 0 Å². The van der Waals surface area contributed by atoms with E-state index >= 15 is 0 Å². The molecule has 0 bridgehead atoms. The lowest BCUT2D eigenvalue weighted by atomic mass is 9.79. The summed E-state index contributed by atoms with van der Waals surface area (Å²) in [7, 11) is 0. The van der Waals surface area contributed by atoms with Gasteiger partial charge < -0.3 is 15.7 Å². The Hall–Kier alpha value is -0.750. The van der Waals surface area contributed by atoms with Crippen LogP contribution in [0, 0.1) is 5.41 Å². The molecule has 1 amide bonds. The Balaban J connectivity index is 2.17. The van der Waals surface area contributed by atoms with Gasteiger partial charge in [0.15, 0.2) is 0 Å². The predicted molar refractivity (Wildman–Crippen MR) is 74.8 cm³/mol. The lowest BCUT2D eigenvalue weighted by Gasteiger charge is -2.35. The van der Waals surface area contributed by atoms with Crippen LogP contribution >= 0.6 is 11.8 Å². The molecule has 1 heterocycles. The van der Waals surface area contributed by atoms with Gasteiger partial charge in [0.25, 0.3) is 0 Å². The van der Waals surface area contributed by atoms with Crippen molar-refractivity contribution in [2.45, 2.75) is 44.6 Å². The number of carboxylic acids is 1. The van der Waals surface area contributed by atoms with Crippen LogP contribution in [0.25, 0.3) is 0 Å². The van der Waals surface area contributed by atoms with E-state index in [0.29, 0.717) is 18.2 Å². The van der Waals surface area contributed by atoms with Gasteiger partial charge in [-0.3, -0.25) is 4.79 Å². The monoisotopic (exact) mass is 286 g/mol. The fraction of sp³-hybridized carbons (Fsp3) is 0.846. The first-order chi connectivity index (χ1) is 9.10. The number of aliphatic carboxylic acids is 1. The normalized spacial score (nSPS) is 27.0. The third-order valence-electron chi connectivity index (χ3n) is 4.33. The van der Waals surface area contributed by atoms with Gasteiger partial charge in [-0.1, -0.05) is 25.7 Å². The van der Waals surface area contributed by atoms with Crippen molar-refractivity contribution in [3.05, 3.63) is 0 Å². The zero-order chi connectivity index (χ0) is 13.9. The van der Waals surface area contributed by atoms with Gasteiger partial charge in [-0.2, -0.15) is 0 Å². The maximum Gasteiger partial charge on any atom is 0.327 e. The molecule has 1 aliphatic carbocycles. The average Bonchev–Trinajstić information content (AvgIpc) is 2.76. The lowest BCUT2D eigenvalue weighted by Crippen LogP contribution is -2.52. The number of amides is 1. The number of hydrogen-bond donors (Lipinski definition) is 2. The molecule has 0 radical (unpaired) electrons. The second-order valence-corrected chi connectivity index (χ2v) is 6.53. The van der Waals surface area contributed by atoms with Gasteiger partial charge in [0, 0.05) is 12.3 Å². The quantitative estimate of drug-likeness (QED) is 0.763. The Labute approximate surface area is 117 Å². The van der Waals surface area contributed by atoms with Crippen LogP contribution in [0.1, 0.15) is 38.5 Å². The zero-order valence-electron chi connectivity index (χ0n) is 11.1. The van der Waals surface area contributed by atoms with E-state index in [4.69, 9.17) is 5.73 Å². The van der Waals surface area contributed by atoms with Gasteiger partial charge in [-0.15, -0.1) is 11.8 Å². The minimum absolute atomic E-state index is 0.0331. The van der Waals surface area contributed by atoms with Crippen LogP contribution in [0.4, 0.5) is 0 Å². The number of carboxylic acid groups (broad SMARTS) is 1. The topological polar surface area (TPSA) is 83.6 Å². The SMILES string of the molecule is NCC1(C(=O)N2CSCC2C(=O)O)CCCCCC1. The molecule has 0 spiro atoms. The maximum absolute atomic E-state index is 12.8. The van der Waals surface area contributed by atoms with Crippen molar-refractivity contribution in [2.75, 3.05) is 18.2 Å². The molecule has 2 aliphatic rings. The van der Waals surface area contributed by atoms with Crippen LogP contribution in [0.3, 0.4) is 0 Å². The molecule has 108 valence electrons. The molecule has 1 atom stereocenters. The number of carbonyl (C=O) groups excluding carboxylic acids is 1. The lowest BCUT2D eigenvalue weighted by molar-refractivity contribution is -0.153. The summed E-state index contributed by atoms with van der Waals surface area (Å²) < 4.78 is 0. The molecular weight excluding hydrogens is 264 g/mol. The highest BCUT2D eigenvalue weighted by Gasteiger charge is 2.45.